The zero-order valence-corrected chi connectivity index (χ0v) is 9.74. The molecule has 0 bridgehead atoms. The largest absolute Gasteiger partial charge is 0.323 e. The summed E-state index contributed by atoms with van der Waals surface area (Å²) >= 11 is 5.60. The van der Waals surface area contributed by atoms with Crippen LogP contribution in [0.15, 0.2) is 18.2 Å². The first-order chi connectivity index (χ1) is 7.38. The van der Waals surface area contributed by atoms with E-state index in [4.69, 9.17) is 11.6 Å². The lowest BCUT2D eigenvalue weighted by atomic mass is 9.95. The lowest BCUT2D eigenvalue weighted by Gasteiger charge is -2.20. The van der Waals surface area contributed by atoms with Gasteiger partial charge in [0.15, 0.2) is 11.6 Å². The summed E-state index contributed by atoms with van der Waals surface area (Å²) in [4.78, 5) is 11.6. The number of nitrogens with one attached hydrogen (secondary N) is 1. The Morgan fingerprint density at radius 3 is 2.62 bits per heavy atom. The fourth-order valence-corrected chi connectivity index (χ4v) is 1.07. The molecule has 0 atom stereocenters. The number of amides is 1. The third-order valence-corrected chi connectivity index (χ3v) is 2.82. The molecule has 0 aliphatic carbocycles. The molecule has 0 saturated carbocycles. The number of carbonyl (C=O) groups excluding carboxylic acids is 1. The maximum absolute atomic E-state index is 13.2. The molecular weight excluding hydrogens is 236 g/mol. The summed E-state index contributed by atoms with van der Waals surface area (Å²) in [6.45, 7) is 3.24. The Balaban J connectivity index is 2.90. The van der Waals surface area contributed by atoms with E-state index in [2.05, 4.69) is 5.32 Å². The van der Waals surface area contributed by atoms with Crippen molar-refractivity contribution >= 4 is 23.2 Å². The highest BCUT2D eigenvalue weighted by molar-refractivity contribution is 6.20. The Morgan fingerprint density at radius 1 is 1.44 bits per heavy atom. The molecule has 1 aromatic rings. The van der Waals surface area contributed by atoms with E-state index in [9.17, 15) is 13.6 Å². The third kappa shape index (κ3) is 2.70. The Morgan fingerprint density at radius 2 is 2.06 bits per heavy atom. The van der Waals surface area contributed by atoms with Gasteiger partial charge in [0.05, 0.1) is 11.1 Å². The summed E-state index contributed by atoms with van der Waals surface area (Å²) < 4.78 is 26.1. The van der Waals surface area contributed by atoms with Crippen molar-refractivity contribution in [1.29, 1.82) is 0 Å². The molecule has 88 valence electrons. The zero-order chi connectivity index (χ0) is 12.3. The van der Waals surface area contributed by atoms with Gasteiger partial charge in [-0.2, -0.15) is 0 Å². The maximum Gasteiger partial charge on any atom is 0.231 e. The number of halogens is 3. The molecule has 5 heteroatoms. The quantitative estimate of drug-likeness (QED) is 0.817. The standard InChI is InChI=1S/C11H12ClF2NO/c1-11(2,6-12)10(16)15-8-5-3-4-7(13)9(8)14/h3-5H,6H2,1-2H3,(H,15,16). The van der Waals surface area contributed by atoms with Crippen LogP contribution in [0.3, 0.4) is 0 Å². The van der Waals surface area contributed by atoms with Crippen molar-refractivity contribution in [3.05, 3.63) is 29.8 Å². The number of carbonyl (C=O) groups is 1. The molecule has 0 radical (unpaired) electrons. The highest BCUT2D eigenvalue weighted by Gasteiger charge is 2.27. The van der Waals surface area contributed by atoms with Crippen molar-refractivity contribution in [1.82, 2.24) is 0 Å². The second kappa shape index (κ2) is 4.78. The number of benzene rings is 1. The molecule has 1 rings (SSSR count). The van der Waals surface area contributed by atoms with Gasteiger partial charge >= 0.3 is 0 Å². The second-order valence-electron chi connectivity index (χ2n) is 4.07. The summed E-state index contributed by atoms with van der Waals surface area (Å²) in [7, 11) is 0. The summed E-state index contributed by atoms with van der Waals surface area (Å²) in [6.07, 6.45) is 0. The van der Waals surface area contributed by atoms with Crippen LogP contribution >= 0.6 is 11.6 Å². The van der Waals surface area contributed by atoms with E-state index >= 15 is 0 Å². The van der Waals surface area contributed by atoms with Crippen molar-refractivity contribution in [3.63, 3.8) is 0 Å². The summed E-state index contributed by atoms with van der Waals surface area (Å²) in [5.41, 5.74) is -1.01. The van der Waals surface area contributed by atoms with Crippen molar-refractivity contribution in [2.24, 2.45) is 5.41 Å². The Hall–Kier alpha value is -1.16. The zero-order valence-electron chi connectivity index (χ0n) is 8.98. The maximum atomic E-state index is 13.2. The predicted molar refractivity (Wildman–Crippen MR) is 59.5 cm³/mol. The highest BCUT2D eigenvalue weighted by Crippen LogP contribution is 2.22. The molecule has 0 fully saturated rings. The van der Waals surface area contributed by atoms with E-state index < -0.39 is 23.0 Å². The van der Waals surface area contributed by atoms with Gasteiger partial charge in [0.1, 0.15) is 0 Å². The third-order valence-electron chi connectivity index (χ3n) is 2.15. The van der Waals surface area contributed by atoms with Crippen LogP contribution in [0, 0.1) is 17.0 Å². The number of hydrogen-bond acceptors (Lipinski definition) is 1. The van der Waals surface area contributed by atoms with Gasteiger partial charge in [-0.25, -0.2) is 8.78 Å². The number of hydrogen-bond donors (Lipinski definition) is 1. The van der Waals surface area contributed by atoms with Crippen LogP contribution in [0.4, 0.5) is 14.5 Å². The molecule has 0 aliphatic heterocycles. The smallest absolute Gasteiger partial charge is 0.231 e. The monoisotopic (exact) mass is 247 g/mol. The topological polar surface area (TPSA) is 29.1 Å². The molecule has 1 aromatic carbocycles. The predicted octanol–water partition coefficient (Wildman–Crippen LogP) is 3.17. The SMILES string of the molecule is CC(C)(CCl)C(=O)Nc1cccc(F)c1F. The van der Waals surface area contributed by atoms with Crippen LogP contribution in [0.5, 0.6) is 0 Å². The van der Waals surface area contributed by atoms with Gasteiger partial charge in [0.2, 0.25) is 5.91 Å². The first kappa shape index (κ1) is 12.9. The average molecular weight is 248 g/mol. The average Bonchev–Trinajstić information content (AvgIpc) is 2.24. The van der Waals surface area contributed by atoms with Gasteiger partial charge in [-0.15, -0.1) is 11.6 Å². The minimum atomic E-state index is -1.07. The van der Waals surface area contributed by atoms with E-state index in [1.165, 1.54) is 12.1 Å². The van der Waals surface area contributed by atoms with Gasteiger partial charge in [0.25, 0.3) is 0 Å². The lowest BCUT2D eigenvalue weighted by molar-refractivity contribution is -0.123. The molecule has 2 nitrogen and oxygen atoms in total. The minimum absolute atomic E-state index is 0.0930. The number of rotatable bonds is 3. The molecule has 0 aromatic heterocycles. The molecule has 0 unspecified atom stereocenters. The van der Waals surface area contributed by atoms with Crippen molar-refractivity contribution < 1.29 is 13.6 Å². The van der Waals surface area contributed by atoms with Crippen LogP contribution in [0.25, 0.3) is 0 Å². The fourth-order valence-electron chi connectivity index (χ4n) is 0.953. The van der Waals surface area contributed by atoms with E-state index in [0.717, 1.165) is 6.07 Å². The highest BCUT2D eigenvalue weighted by atomic mass is 35.5. The molecule has 1 amide bonds. The fraction of sp³-hybridized carbons (Fsp3) is 0.364. The van der Waals surface area contributed by atoms with Crippen molar-refractivity contribution in [2.45, 2.75) is 13.8 Å². The van der Waals surface area contributed by atoms with Gasteiger partial charge in [-0.3, -0.25) is 4.79 Å². The number of alkyl halides is 1. The lowest BCUT2D eigenvalue weighted by Crippen LogP contribution is -2.32. The first-order valence-electron chi connectivity index (χ1n) is 4.70. The van der Waals surface area contributed by atoms with Crippen LogP contribution in [0.1, 0.15) is 13.8 Å². The van der Waals surface area contributed by atoms with Gasteiger partial charge in [-0.1, -0.05) is 6.07 Å². The van der Waals surface area contributed by atoms with Crippen molar-refractivity contribution in [3.8, 4) is 0 Å². The van der Waals surface area contributed by atoms with Crippen LogP contribution in [-0.2, 0) is 4.79 Å². The Kier molecular flexibility index (Phi) is 3.86. The summed E-state index contributed by atoms with van der Waals surface area (Å²) in [5, 5.41) is 2.30. The second-order valence-corrected chi connectivity index (χ2v) is 4.34. The summed E-state index contributed by atoms with van der Waals surface area (Å²) in [6, 6.07) is 3.60. The van der Waals surface area contributed by atoms with Gasteiger partial charge < -0.3 is 5.32 Å². The Labute approximate surface area is 97.6 Å². The van der Waals surface area contributed by atoms with Crippen LogP contribution in [0.2, 0.25) is 0 Å². The van der Waals surface area contributed by atoms with E-state index in [-0.39, 0.29) is 11.6 Å². The van der Waals surface area contributed by atoms with Gasteiger partial charge in [0, 0.05) is 5.88 Å². The first-order valence-corrected chi connectivity index (χ1v) is 5.23. The molecule has 0 spiro atoms. The number of anilines is 1. The van der Waals surface area contributed by atoms with Crippen LogP contribution < -0.4 is 5.32 Å². The Bertz CT molecular complexity index is 407. The molecule has 0 aliphatic rings. The summed E-state index contributed by atoms with van der Waals surface area (Å²) in [5.74, 6) is -2.43. The van der Waals surface area contributed by atoms with E-state index in [1.807, 2.05) is 0 Å². The molecular formula is C11H12ClF2NO. The van der Waals surface area contributed by atoms with Crippen LogP contribution in [-0.4, -0.2) is 11.8 Å². The van der Waals surface area contributed by atoms with Crippen molar-refractivity contribution in [2.75, 3.05) is 11.2 Å². The normalized spacial score (nSPS) is 11.3. The minimum Gasteiger partial charge on any atom is -0.323 e. The van der Waals surface area contributed by atoms with Gasteiger partial charge in [-0.05, 0) is 26.0 Å². The molecule has 0 heterocycles. The van der Waals surface area contributed by atoms with E-state index in [0.29, 0.717) is 0 Å². The molecule has 16 heavy (non-hydrogen) atoms. The molecule has 0 saturated heterocycles. The molecule has 1 N–H and O–H groups in total. The van der Waals surface area contributed by atoms with E-state index in [1.54, 1.807) is 13.8 Å².